The van der Waals surface area contributed by atoms with Crippen LogP contribution in [-0.2, 0) is 0 Å². The molecule has 0 spiro atoms. The van der Waals surface area contributed by atoms with Crippen molar-refractivity contribution in [1.82, 2.24) is 5.32 Å². The average Bonchev–Trinajstić information content (AvgIpc) is 2.45. The van der Waals surface area contributed by atoms with Gasteiger partial charge < -0.3 is 10.1 Å². The van der Waals surface area contributed by atoms with Crippen LogP contribution in [-0.4, -0.2) is 24.5 Å². The van der Waals surface area contributed by atoms with Crippen LogP contribution in [0, 0.1) is 11.7 Å². The third-order valence-electron chi connectivity index (χ3n) is 4.51. The molecule has 2 unspecified atom stereocenters. The fourth-order valence-electron chi connectivity index (χ4n) is 3.59. The molecular formula is C16H18F3NO2. The van der Waals surface area contributed by atoms with E-state index in [-0.39, 0.29) is 23.0 Å². The second kappa shape index (κ2) is 6.28. The van der Waals surface area contributed by atoms with Gasteiger partial charge in [-0.2, -0.15) is 8.78 Å². The molecule has 1 N–H and O–H groups in total. The number of rotatable bonds is 4. The molecule has 2 heterocycles. The molecule has 6 heteroatoms. The molecule has 3 rings (SSSR count). The SMILES string of the molecule is O=C(c1ccc(F)cc1OC(F)F)C1CC2CCCC(C1)N2. The van der Waals surface area contributed by atoms with Crippen LogP contribution in [0.5, 0.6) is 5.75 Å². The number of halogens is 3. The van der Waals surface area contributed by atoms with Crippen LogP contribution in [0.15, 0.2) is 18.2 Å². The Kier molecular flexibility index (Phi) is 4.38. The Bertz CT molecular complexity index is 552. The van der Waals surface area contributed by atoms with Gasteiger partial charge in [-0.1, -0.05) is 6.42 Å². The van der Waals surface area contributed by atoms with E-state index in [1.807, 2.05) is 0 Å². The number of ether oxygens (including phenoxy) is 1. The number of carbonyl (C=O) groups is 1. The minimum Gasteiger partial charge on any atom is -0.434 e. The highest BCUT2D eigenvalue weighted by Crippen LogP contribution is 2.34. The molecule has 2 aliphatic heterocycles. The maximum atomic E-state index is 13.2. The summed E-state index contributed by atoms with van der Waals surface area (Å²) in [6.07, 6.45) is 4.61. The summed E-state index contributed by atoms with van der Waals surface area (Å²) >= 11 is 0. The van der Waals surface area contributed by atoms with Crippen LogP contribution in [0.3, 0.4) is 0 Å². The Balaban J connectivity index is 1.82. The van der Waals surface area contributed by atoms with E-state index < -0.39 is 12.4 Å². The largest absolute Gasteiger partial charge is 0.434 e. The zero-order valence-electron chi connectivity index (χ0n) is 12.0. The number of Topliss-reactive ketones (excluding diaryl/α,β-unsaturated/α-hetero) is 1. The molecule has 2 aliphatic rings. The smallest absolute Gasteiger partial charge is 0.387 e. The van der Waals surface area contributed by atoms with Crippen LogP contribution >= 0.6 is 0 Å². The number of benzene rings is 1. The molecule has 1 aromatic carbocycles. The number of alkyl halides is 2. The number of fused-ring (bicyclic) bond motifs is 2. The Morgan fingerprint density at radius 3 is 2.55 bits per heavy atom. The molecular weight excluding hydrogens is 295 g/mol. The minimum absolute atomic E-state index is 0.0478. The first-order valence-electron chi connectivity index (χ1n) is 7.57. The zero-order chi connectivity index (χ0) is 15.7. The first-order valence-corrected chi connectivity index (χ1v) is 7.57. The van der Waals surface area contributed by atoms with E-state index in [9.17, 15) is 18.0 Å². The molecule has 0 aromatic heterocycles. The summed E-state index contributed by atoms with van der Waals surface area (Å²) in [5, 5.41) is 3.48. The summed E-state index contributed by atoms with van der Waals surface area (Å²) < 4.78 is 42.5. The number of hydrogen-bond acceptors (Lipinski definition) is 3. The van der Waals surface area contributed by atoms with E-state index >= 15 is 0 Å². The molecule has 0 amide bonds. The lowest BCUT2D eigenvalue weighted by molar-refractivity contribution is -0.0503. The molecule has 2 bridgehead atoms. The van der Waals surface area contributed by atoms with E-state index in [0.29, 0.717) is 24.9 Å². The van der Waals surface area contributed by atoms with E-state index in [0.717, 1.165) is 31.4 Å². The van der Waals surface area contributed by atoms with E-state index in [1.54, 1.807) is 0 Å². The predicted octanol–water partition coefficient (Wildman–Crippen LogP) is 3.53. The van der Waals surface area contributed by atoms with Crippen LogP contribution in [0.2, 0.25) is 0 Å². The van der Waals surface area contributed by atoms with Crippen molar-refractivity contribution >= 4 is 5.78 Å². The second-order valence-corrected chi connectivity index (χ2v) is 6.04. The Labute approximate surface area is 126 Å². The normalized spacial score (nSPS) is 27.7. The van der Waals surface area contributed by atoms with Crippen molar-refractivity contribution in [2.45, 2.75) is 50.8 Å². The van der Waals surface area contributed by atoms with E-state index in [1.165, 1.54) is 6.07 Å². The first-order chi connectivity index (χ1) is 10.5. The van der Waals surface area contributed by atoms with Crippen molar-refractivity contribution < 1.29 is 22.7 Å². The fraction of sp³-hybridized carbons (Fsp3) is 0.562. The summed E-state index contributed by atoms with van der Waals surface area (Å²) in [6.45, 7) is -3.08. The topological polar surface area (TPSA) is 38.3 Å². The van der Waals surface area contributed by atoms with Crippen molar-refractivity contribution in [1.29, 1.82) is 0 Å². The van der Waals surface area contributed by atoms with Gasteiger partial charge in [0.2, 0.25) is 0 Å². The predicted molar refractivity (Wildman–Crippen MR) is 74.6 cm³/mol. The van der Waals surface area contributed by atoms with Gasteiger partial charge in [0, 0.05) is 24.1 Å². The average molecular weight is 313 g/mol. The summed E-state index contributed by atoms with van der Waals surface area (Å²) in [7, 11) is 0. The number of ketones is 1. The van der Waals surface area contributed by atoms with Crippen LogP contribution in [0.4, 0.5) is 13.2 Å². The number of piperidine rings is 2. The highest BCUT2D eigenvalue weighted by Gasteiger charge is 2.35. The maximum absolute atomic E-state index is 13.2. The van der Waals surface area contributed by atoms with Gasteiger partial charge in [-0.25, -0.2) is 4.39 Å². The van der Waals surface area contributed by atoms with Gasteiger partial charge in [-0.05, 0) is 37.8 Å². The van der Waals surface area contributed by atoms with Crippen molar-refractivity contribution in [3.8, 4) is 5.75 Å². The monoisotopic (exact) mass is 313 g/mol. The lowest BCUT2D eigenvalue weighted by Crippen LogP contribution is -2.50. The van der Waals surface area contributed by atoms with Crippen LogP contribution in [0.1, 0.15) is 42.5 Å². The summed E-state index contributed by atoms with van der Waals surface area (Å²) in [5.74, 6) is -1.52. The fourth-order valence-corrected chi connectivity index (χ4v) is 3.59. The van der Waals surface area contributed by atoms with Gasteiger partial charge in [0.25, 0.3) is 0 Å². The Hall–Kier alpha value is -1.56. The highest BCUT2D eigenvalue weighted by molar-refractivity contribution is 6.00. The van der Waals surface area contributed by atoms with Crippen LogP contribution < -0.4 is 10.1 Å². The number of hydrogen-bond donors (Lipinski definition) is 1. The lowest BCUT2D eigenvalue weighted by Gasteiger charge is -2.39. The molecule has 0 radical (unpaired) electrons. The van der Waals surface area contributed by atoms with Gasteiger partial charge in [-0.15, -0.1) is 0 Å². The second-order valence-electron chi connectivity index (χ2n) is 6.04. The summed E-state index contributed by atoms with van der Waals surface area (Å²) in [6, 6.07) is 3.81. The molecule has 120 valence electrons. The quantitative estimate of drug-likeness (QED) is 0.864. The van der Waals surface area contributed by atoms with Crippen molar-refractivity contribution in [3.05, 3.63) is 29.6 Å². The van der Waals surface area contributed by atoms with E-state index in [2.05, 4.69) is 10.1 Å². The van der Waals surface area contributed by atoms with Crippen LogP contribution in [0.25, 0.3) is 0 Å². The molecule has 2 atom stereocenters. The molecule has 22 heavy (non-hydrogen) atoms. The van der Waals surface area contributed by atoms with Gasteiger partial charge >= 0.3 is 6.61 Å². The molecule has 2 fully saturated rings. The standard InChI is InChI=1S/C16H18F3NO2/c17-10-4-5-13(14(8-10)22-16(18)19)15(21)9-6-11-2-1-3-12(7-9)20-11/h4-5,8-9,11-12,16,20H,1-3,6-7H2. The minimum atomic E-state index is -3.08. The molecule has 3 nitrogen and oxygen atoms in total. The number of nitrogens with one attached hydrogen (secondary N) is 1. The van der Waals surface area contributed by atoms with E-state index in [4.69, 9.17) is 0 Å². The van der Waals surface area contributed by atoms with Crippen molar-refractivity contribution in [2.75, 3.05) is 0 Å². The lowest BCUT2D eigenvalue weighted by atomic mass is 9.77. The third-order valence-corrected chi connectivity index (χ3v) is 4.51. The van der Waals surface area contributed by atoms with Gasteiger partial charge in [0.15, 0.2) is 5.78 Å². The molecule has 0 saturated carbocycles. The Morgan fingerprint density at radius 2 is 1.91 bits per heavy atom. The Morgan fingerprint density at radius 1 is 1.23 bits per heavy atom. The van der Waals surface area contributed by atoms with Crippen molar-refractivity contribution in [3.63, 3.8) is 0 Å². The zero-order valence-corrected chi connectivity index (χ0v) is 12.0. The summed E-state index contributed by atoms with van der Waals surface area (Å²) in [4.78, 5) is 12.7. The maximum Gasteiger partial charge on any atom is 0.387 e. The highest BCUT2D eigenvalue weighted by atomic mass is 19.3. The molecule has 2 saturated heterocycles. The van der Waals surface area contributed by atoms with Crippen molar-refractivity contribution in [2.24, 2.45) is 5.92 Å². The van der Waals surface area contributed by atoms with Gasteiger partial charge in [-0.3, -0.25) is 4.79 Å². The third kappa shape index (κ3) is 3.27. The summed E-state index contributed by atoms with van der Waals surface area (Å²) in [5.41, 5.74) is 0.0478. The first kappa shape index (κ1) is 15.3. The molecule has 1 aromatic rings. The molecule has 0 aliphatic carbocycles. The van der Waals surface area contributed by atoms with Gasteiger partial charge in [0.1, 0.15) is 11.6 Å². The van der Waals surface area contributed by atoms with Gasteiger partial charge in [0.05, 0.1) is 5.56 Å². The number of carbonyl (C=O) groups excluding carboxylic acids is 1.